The number of amides is 4. The first-order valence-electron chi connectivity index (χ1n) is 14.3. The van der Waals surface area contributed by atoms with Gasteiger partial charge in [0.05, 0.1) is 18.0 Å². The second kappa shape index (κ2) is 15.5. The molecule has 1 fully saturated rings. The zero-order valence-corrected chi connectivity index (χ0v) is 24.2. The number of Topliss-reactive ketones (excluding diaryl/α,β-unsaturated/α-hetero) is 1. The Kier molecular flexibility index (Phi) is 11.9. The number of hydrogen-bond donors (Lipinski definition) is 4. The van der Waals surface area contributed by atoms with Crippen LogP contribution in [0.2, 0.25) is 0 Å². The Bertz CT molecular complexity index is 1330. The molecular formula is C29H39N7O6. The summed E-state index contributed by atoms with van der Waals surface area (Å²) < 4.78 is 1.20. The van der Waals surface area contributed by atoms with Crippen LogP contribution in [0, 0.1) is 11.8 Å². The Labute approximate surface area is 244 Å². The average Bonchev–Trinajstić information content (AvgIpc) is 3.31. The van der Waals surface area contributed by atoms with Crippen molar-refractivity contribution in [3.05, 3.63) is 52.7 Å². The van der Waals surface area contributed by atoms with Gasteiger partial charge >= 0.3 is 0 Å². The van der Waals surface area contributed by atoms with Crippen LogP contribution in [0.25, 0.3) is 0 Å². The van der Waals surface area contributed by atoms with Crippen molar-refractivity contribution in [3.63, 3.8) is 0 Å². The molecule has 13 heteroatoms. The molecule has 1 aliphatic carbocycles. The molecular weight excluding hydrogens is 542 g/mol. The molecule has 2 heterocycles. The lowest BCUT2D eigenvalue weighted by molar-refractivity contribution is -0.138. The van der Waals surface area contributed by atoms with Crippen LogP contribution in [0.5, 0.6) is 0 Å². The second-order valence-corrected chi connectivity index (χ2v) is 10.5. The molecule has 0 bridgehead atoms. The summed E-state index contributed by atoms with van der Waals surface area (Å²) in [5.74, 6) is -2.50. The lowest BCUT2D eigenvalue weighted by Crippen LogP contribution is -2.46. The number of anilines is 1. The first-order valence-corrected chi connectivity index (χ1v) is 14.3. The largest absolute Gasteiger partial charge is 0.351 e. The zero-order valence-electron chi connectivity index (χ0n) is 24.2. The van der Waals surface area contributed by atoms with Crippen molar-refractivity contribution in [2.24, 2.45) is 11.8 Å². The minimum atomic E-state index is -1.26. The van der Waals surface area contributed by atoms with E-state index in [1.165, 1.54) is 41.4 Å². The maximum absolute atomic E-state index is 13.2. The number of pyridine rings is 1. The average molecular weight is 582 g/mol. The number of rotatable bonds is 14. The Hall–Kier alpha value is -4.42. The number of nitrogens with zero attached hydrogens (tertiary/aromatic N) is 3. The normalized spacial score (nSPS) is 18.5. The molecule has 0 aromatic carbocycles. The van der Waals surface area contributed by atoms with Gasteiger partial charge in [0.2, 0.25) is 17.6 Å². The van der Waals surface area contributed by atoms with Crippen molar-refractivity contribution in [1.82, 2.24) is 30.7 Å². The van der Waals surface area contributed by atoms with Crippen molar-refractivity contribution in [3.8, 4) is 0 Å². The maximum Gasteiger partial charge on any atom is 0.287 e. The molecule has 1 aliphatic rings. The summed E-state index contributed by atoms with van der Waals surface area (Å²) in [4.78, 5) is 76.1. The lowest BCUT2D eigenvalue weighted by Gasteiger charge is -2.24. The van der Waals surface area contributed by atoms with Crippen LogP contribution in [0.4, 0.5) is 5.69 Å². The van der Waals surface area contributed by atoms with Crippen LogP contribution in [0.1, 0.15) is 69.7 Å². The Morgan fingerprint density at radius 1 is 1.10 bits per heavy atom. The van der Waals surface area contributed by atoms with E-state index in [0.29, 0.717) is 11.8 Å². The SMILES string of the molecule is CCCC1CCC(C)C1NC(=O)Cn1cccc(NC(=O)C(CCC(=O)C(=O)NCC)NC(=O)c2ccnnc2)c1=O. The summed E-state index contributed by atoms with van der Waals surface area (Å²) in [5, 5.41) is 17.8. The molecule has 2 aromatic rings. The summed E-state index contributed by atoms with van der Waals surface area (Å²) in [7, 11) is 0. The van der Waals surface area contributed by atoms with Crippen LogP contribution in [-0.2, 0) is 25.7 Å². The number of carbonyl (C=O) groups is 5. The quantitative estimate of drug-likeness (QED) is 0.240. The summed E-state index contributed by atoms with van der Waals surface area (Å²) in [5.41, 5.74) is -0.579. The van der Waals surface area contributed by atoms with Gasteiger partial charge in [-0.2, -0.15) is 10.2 Å². The van der Waals surface area contributed by atoms with Gasteiger partial charge < -0.3 is 25.8 Å². The Balaban J connectivity index is 1.72. The highest BCUT2D eigenvalue weighted by molar-refractivity contribution is 6.36. The molecule has 4 N–H and O–H groups in total. The van der Waals surface area contributed by atoms with Crippen molar-refractivity contribution in [2.75, 3.05) is 11.9 Å². The van der Waals surface area contributed by atoms with Crippen LogP contribution >= 0.6 is 0 Å². The zero-order chi connectivity index (χ0) is 30.6. The molecule has 0 radical (unpaired) electrons. The number of hydrogen-bond acceptors (Lipinski definition) is 8. The molecule has 0 spiro atoms. The highest BCUT2D eigenvalue weighted by Gasteiger charge is 2.33. The second-order valence-electron chi connectivity index (χ2n) is 10.5. The minimum Gasteiger partial charge on any atom is -0.351 e. The highest BCUT2D eigenvalue weighted by atomic mass is 16.2. The van der Waals surface area contributed by atoms with E-state index < -0.39 is 35.1 Å². The number of ketones is 1. The van der Waals surface area contributed by atoms with Gasteiger partial charge in [0.1, 0.15) is 18.3 Å². The molecule has 1 saturated carbocycles. The number of nitrogens with one attached hydrogen (secondary N) is 4. The number of aromatic nitrogens is 3. The summed E-state index contributed by atoms with van der Waals surface area (Å²) in [6.07, 6.45) is 7.62. The maximum atomic E-state index is 13.2. The minimum absolute atomic E-state index is 0.0538. The van der Waals surface area contributed by atoms with Gasteiger partial charge in [-0.25, -0.2) is 0 Å². The molecule has 3 rings (SSSR count). The van der Waals surface area contributed by atoms with E-state index in [0.717, 1.165) is 25.7 Å². The molecule has 4 atom stereocenters. The number of likely N-dealkylation sites (N-methyl/N-ethyl adjacent to an activating group) is 1. The smallest absolute Gasteiger partial charge is 0.287 e. The fourth-order valence-electron chi connectivity index (χ4n) is 5.20. The van der Waals surface area contributed by atoms with Crippen LogP contribution in [-0.4, -0.2) is 62.8 Å². The lowest BCUT2D eigenvalue weighted by atomic mass is 9.94. The summed E-state index contributed by atoms with van der Waals surface area (Å²) >= 11 is 0. The fraction of sp³-hybridized carbons (Fsp3) is 0.517. The predicted octanol–water partition coefficient (Wildman–Crippen LogP) is 1.19. The Morgan fingerprint density at radius 3 is 2.57 bits per heavy atom. The van der Waals surface area contributed by atoms with Crippen molar-refractivity contribution >= 4 is 35.1 Å². The van der Waals surface area contributed by atoms with E-state index in [-0.39, 0.29) is 49.1 Å². The molecule has 4 amide bonds. The molecule has 13 nitrogen and oxygen atoms in total. The van der Waals surface area contributed by atoms with Gasteiger partial charge in [0.15, 0.2) is 0 Å². The van der Waals surface area contributed by atoms with Gasteiger partial charge in [0, 0.05) is 25.2 Å². The number of carbonyl (C=O) groups excluding carboxylic acids is 5. The third-order valence-corrected chi connectivity index (χ3v) is 7.41. The van der Waals surface area contributed by atoms with Crippen LogP contribution in [0.15, 0.2) is 41.6 Å². The first-order chi connectivity index (χ1) is 20.1. The van der Waals surface area contributed by atoms with Crippen molar-refractivity contribution < 1.29 is 24.0 Å². The third-order valence-electron chi connectivity index (χ3n) is 7.41. The van der Waals surface area contributed by atoms with E-state index in [1.54, 1.807) is 6.92 Å². The predicted molar refractivity (Wildman–Crippen MR) is 154 cm³/mol. The van der Waals surface area contributed by atoms with E-state index in [9.17, 15) is 28.8 Å². The van der Waals surface area contributed by atoms with E-state index >= 15 is 0 Å². The van der Waals surface area contributed by atoms with Gasteiger partial charge in [-0.3, -0.25) is 28.8 Å². The monoisotopic (exact) mass is 581 g/mol. The Morgan fingerprint density at radius 2 is 1.88 bits per heavy atom. The first kappa shape index (κ1) is 32.1. The van der Waals surface area contributed by atoms with E-state index in [1.807, 2.05) is 0 Å². The van der Waals surface area contributed by atoms with Crippen LogP contribution < -0.4 is 26.8 Å². The fourth-order valence-corrected chi connectivity index (χ4v) is 5.20. The van der Waals surface area contributed by atoms with Gasteiger partial charge in [-0.1, -0.05) is 20.3 Å². The van der Waals surface area contributed by atoms with E-state index in [2.05, 4.69) is 45.3 Å². The van der Waals surface area contributed by atoms with E-state index in [4.69, 9.17) is 0 Å². The van der Waals surface area contributed by atoms with Crippen LogP contribution in [0.3, 0.4) is 0 Å². The molecule has 0 aliphatic heterocycles. The molecule has 4 unspecified atom stereocenters. The highest BCUT2D eigenvalue weighted by Crippen LogP contribution is 2.34. The summed E-state index contributed by atoms with van der Waals surface area (Å²) in [6, 6.07) is 3.10. The summed E-state index contributed by atoms with van der Waals surface area (Å²) in [6.45, 7) is 5.94. The van der Waals surface area contributed by atoms with Gasteiger partial charge in [-0.15, -0.1) is 0 Å². The van der Waals surface area contributed by atoms with Gasteiger partial charge in [0.25, 0.3) is 17.4 Å². The molecule has 0 saturated heterocycles. The van der Waals surface area contributed by atoms with Gasteiger partial charge in [-0.05, 0) is 62.6 Å². The third kappa shape index (κ3) is 8.79. The molecule has 226 valence electrons. The molecule has 42 heavy (non-hydrogen) atoms. The standard InChI is InChI=1S/C29H39N7O6/c1-4-7-19-10-9-18(3)25(19)35-24(38)17-36-15-6-8-22(29(36)42)34-27(40)21(11-12-23(37)28(41)30-5-2)33-26(39)20-13-14-31-32-16-20/h6,8,13-16,18-19,21,25H,4-5,7,9-12,17H2,1-3H3,(H,30,41)(H,33,39)(H,34,40)(H,35,38). The van der Waals surface area contributed by atoms with Crippen molar-refractivity contribution in [1.29, 1.82) is 0 Å². The topological polar surface area (TPSA) is 181 Å². The molecule has 2 aromatic heterocycles. The van der Waals surface area contributed by atoms with Crippen molar-refractivity contribution in [2.45, 2.75) is 77.9 Å².